The summed E-state index contributed by atoms with van der Waals surface area (Å²) in [5, 5.41) is 8.90. The predicted molar refractivity (Wildman–Crippen MR) is 58.1 cm³/mol. The van der Waals surface area contributed by atoms with Gasteiger partial charge in [0.1, 0.15) is 12.5 Å². The smallest absolute Gasteiger partial charge is 0.313 e. The Morgan fingerprint density at radius 3 is 3.25 bits per heavy atom. The molecule has 0 spiro atoms. The summed E-state index contributed by atoms with van der Waals surface area (Å²) in [6.45, 7) is 0.0773. The quantitative estimate of drug-likeness (QED) is 0.774. The average Bonchev–Trinajstić information content (AvgIpc) is 2.38. The average molecular weight is 218 g/mol. The zero-order valence-corrected chi connectivity index (χ0v) is 8.41. The Balaban J connectivity index is 2.29. The van der Waals surface area contributed by atoms with Gasteiger partial charge in [0.25, 0.3) is 0 Å². The number of hydrogen-bond donors (Lipinski definition) is 1. The Labute approximate surface area is 92.1 Å². The van der Waals surface area contributed by atoms with Crippen molar-refractivity contribution in [3.63, 3.8) is 0 Å². The van der Waals surface area contributed by atoms with E-state index in [4.69, 9.17) is 9.84 Å². The molecule has 0 radical (unpaired) electrons. The lowest BCUT2D eigenvalue weighted by atomic mass is 10.1. The van der Waals surface area contributed by atoms with Gasteiger partial charge < -0.3 is 9.84 Å². The summed E-state index contributed by atoms with van der Waals surface area (Å²) in [6.07, 6.45) is 6.25. The molecule has 0 aliphatic carbocycles. The Morgan fingerprint density at radius 1 is 1.56 bits per heavy atom. The molecule has 2 heterocycles. The van der Waals surface area contributed by atoms with E-state index in [0.717, 1.165) is 0 Å². The Morgan fingerprint density at radius 2 is 2.44 bits per heavy atom. The Kier molecular flexibility index (Phi) is 2.95. The van der Waals surface area contributed by atoms with Gasteiger partial charge in [-0.3, -0.25) is 4.79 Å². The van der Waals surface area contributed by atoms with E-state index in [-0.39, 0.29) is 6.61 Å². The molecule has 5 heteroatoms. The van der Waals surface area contributed by atoms with Crippen LogP contribution >= 0.6 is 0 Å². The molecule has 0 saturated heterocycles. The van der Waals surface area contributed by atoms with Crippen molar-refractivity contribution in [1.29, 1.82) is 0 Å². The van der Waals surface area contributed by atoms with Crippen molar-refractivity contribution in [2.75, 3.05) is 6.61 Å². The molecule has 2 rings (SSSR count). The van der Waals surface area contributed by atoms with Gasteiger partial charge >= 0.3 is 5.97 Å². The molecule has 0 aromatic carbocycles. The first-order valence-corrected chi connectivity index (χ1v) is 4.79. The number of hydrogen-bond acceptors (Lipinski definition) is 4. The van der Waals surface area contributed by atoms with Gasteiger partial charge in [0.05, 0.1) is 0 Å². The van der Waals surface area contributed by atoms with Crippen molar-refractivity contribution in [1.82, 2.24) is 4.98 Å². The molecule has 1 aliphatic heterocycles. The van der Waals surface area contributed by atoms with Crippen LogP contribution in [0.3, 0.4) is 0 Å². The second-order valence-corrected chi connectivity index (χ2v) is 3.24. The third kappa shape index (κ3) is 2.25. The second kappa shape index (κ2) is 4.57. The van der Waals surface area contributed by atoms with E-state index in [2.05, 4.69) is 9.98 Å². The molecule has 1 N–H and O–H groups in total. The highest BCUT2D eigenvalue weighted by molar-refractivity contribution is 5.78. The number of nitrogens with zero attached hydrogens (tertiary/aromatic N) is 2. The molecule has 1 atom stereocenters. The monoisotopic (exact) mass is 218 g/mol. The normalized spacial score (nSPS) is 18.9. The molecular formula is C11H10N2O3. The lowest BCUT2D eigenvalue weighted by Crippen LogP contribution is -2.19. The largest absolute Gasteiger partial charge is 0.488 e. The number of rotatable bonds is 1. The SMILES string of the molecule is O=C(O)C1C=CC=Nc2ncccc2OC1. The summed E-state index contributed by atoms with van der Waals surface area (Å²) in [5.41, 5.74) is 0. The molecule has 1 aromatic rings. The number of fused-ring (bicyclic) bond motifs is 1. The highest BCUT2D eigenvalue weighted by Crippen LogP contribution is 2.24. The number of aliphatic imine (C=N–C) groups is 1. The third-order valence-electron chi connectivity index (χ3n) is 2.11. The van der Waals surface area contributed by atoms with E-state index >= 15 is 0 Å². The minimum Gasteiger partial charge on any atom is -0.488 e. The third-order valence-corrected chi connectivity index (χ3v) is 2.11. The van der Waals surface area contributed by atoms with E-state index in [1.165, 1.54) is 12.3 Å². The fourth-order valence-corrected chi connectivity index (χ4v) is 1.28. The van der Waals surface area contributed by atoms with Crippen LogP contribution < -0.4 is 4.74 Å². The standard InChI is InChI=1S/C11H10N2O3/c14-11(15)8-3-1-5-12-10-9(16-7-8)4-2-6-13-10/h1-6,8H,7H2,(H,14,15). The van der Waals surface area contributed by atoms with Crippen LogP contribution in [0.5, 0.6) is 5.75 Å². The lowest BCUT2D eigenvalue weighted by Gasteiger charge is -2.10. The second-order valence-electron chi connectivity index (χ2n) is 3.24. The van der Waals surface area contributed by atoms with Crippen molar-refractivity contribution in [3.8, 4) is 5.75 Å². The first kappa shape index (κ1) is 10.4. The van der Waals surface area contributed by atoms with Gasteiger partial charge in [-0.1, -0.05) is 6.08 Å². The van der Waals surface area contributed by atoms with Crippen molar-refractivity contribution < 1.29 is 14.6 Å². The van der Waals surface area contributed by atoms with Gasteiger partial charge in [-0.2, -0.15) is 0 Å². The fraction of sp³-hybridized carbons (Fsp3) is 0.182. The van der Waals surface area contributed by atoms with Gasteiger partial charge in [0.15, 0.2) is 11.6 Å². The van der Waals surface area contributed by atoms with Crippen molar-refractivity contribution in [2.24, 2.45) is 10.9 Å². The molecule has 1 aromatic heterocycles. The molecule has 1 aliphatic rings. The van der Waals surface area contributed by atoms with E-state index in [0.29, 0.717) is 11.6 Å². The molecule has 0 bridgehead atoms. The highest BCUT2D eigenvalue weighted by Gasteiger charge is 2.16. The topological polar surface area (TPSA) is 71.8 Å². The molecule has 82 valence electrons. The summed E-state index contributed by atoms with van der Waals surface area (Å²) >= 11 is 0. The van der Waals surface area contributed by atoms with Gasteiger partial charge in [-0.25, -0.2) is 9.98 Å². The first-order chi connectivity index (χ1) is 7.77. The number of aromatic nitrogens is 1. The van der Waals surface area contributed by atoms with Crippen LogP contribution in [0.25, 0.3) is 0 Å². The number of aliphatic carboxylic acids is 1. The molecule has 0 saturated carbocycles. The van der Waals surface area contributed by atoms with Crippen molar-refractivity contribution in [2.45, 2.75) is 0 Å². The van der Waals surface area contributed by atoms with E-state index in [1.807, 2.05) is 0 Å². The fourth-order valence-electron chi connectivity index (χ4n) is 1.28. The first-order valence-electron chi connectivity index (χ1n) is 4.79. The number of carbonyl (C=O) groups is 1. The maximum atomic E-state index is 10.9. The summed E-state index contributed by atoms with van der Waals surface area (Å²) < 4.78 is 5.37. The van der Waals surface area contributed by atoms with Gasteiger partial charge in [-0.05, 0) is 18.2 Å². The van der Waals surface area contributed by atoms with E-state index in [1.54, 1.807) is 24.4 Å². The van der Waals surface area contributed by atoms with Crippen LogP contribution in [0.1, 0.15) is 0 Å². The van der Waals surface area contributed by atoms with Crippen LogP contribution in [0.2, 0.25) is 0 Å². The van der Waals surface area contributed by atoms with Crippen molar-refractivity contribution >= 4 is 18.0 Å². The Hall–Kier alpha value is -2.17. The predicted octanol–water partition coefficient (Wildman–Crippen LogP) is 1.43. The molecule has 0 amide bonds. The summed E-state index contributed by atoms with van der Waals surface area (Å²) in [5.74, 6) is -0.638. The number of ether oxygens (including phenoxy) is 1. The molecule has 5 nitrogen and oxygen atoms in total. The summed E-state index contributed by atoms with van der Waals surface area (Å²) in [4.78, 5) is 18.9. The molecule has 16 heavy (non-hydrogen) atoms. The molecule has 0 fully saturated rings. The number of allylic oxidation sites excluding steroid dienone is 1. The Bertz CT molecular complexity index is 454. The van der Waals surface area contributed by atoms with Crippen LogP contribution in [0.4, 0.5) is 5.82 Å². The minimum absolute atomic E-state index is 0.0773. The van der Waals surface area contributed by atoms with Gasteiger partial charge in [-0.15, -0.1) is 0 Å². The van der Waals surface area contributed by atoms with Crippen LogP contribution in [0.15, 0.2) is 35.5 Å². The summed E-state index contributed by atoms with van der Waals surface area (Å²) in [7, 11) is 0. The zero-order chi connectivity index (χ0) is 11.4. The lowest BCUT2D eigenvalue weighted by molar-refractivity contribution is -0.140. The van der Waals surface area contributed by atoms with Gasteiger partial charge in [0, 0.05) is 12.4 Å². The molecule has 1 unspecified atom stereocenters. The van der Waals surface area contributed by atoms with Crippen molar-refractivity contribution in [3.05, 3.63) is 30.5 Å². The molecular weight excluding hydrogens is 208 g/mol. The summed E-state index contributed by atoms with van der Waals surface area (Å²) in [6, 6.07) is 3.43. The minimum atomic E-state index is -0.919. The van der Waals surface area contributed by atoms with E-state index < -0.39 is 11.9 Å². The van der Waals surface area contributed by atoms with Crippen LogP contribution in [0, 0.1) is 5.92 Å². The van der Waals surface area contributed by atoms with E-state index in [9.17, 15) is 4.79 Å². The highest BCUT2D eigenvalue weighted by atomic mass is 16.5. The van der Waals surface area contributed by atoms with Crippen LogP contribution in [-0.4, -0.2) is 28.9 Å². The maximum absolute atomic E-state index is 10.9. The number of pyridine rings is 1. The maximum Gasteiger partial charge on any atom is 0.313 e. The zero-order valence-electron chi connectivity index (χ0n) is 8.41. The van der Waals surface area contributed by atoms with Gasteiger partial charge in [0.2, 0.25) is 0 Å². The number of carboxylic acids is 1. The van der Waals surface area contributed by atoms with Crippen LogP contribution in [-0.2, 0) is 4.79 Å². The number of carboxylic acid groups (broad SMARTS) is 1.